The van der Waals surface area contributed by atoms with Gasteiger partial charge in [-0.15, -0.1) is 0 Å². The lowest BCUT2D eigenvalue weighted by Crippen LogP contribution is -2.24. The van der Waals surface area contributed by atoms with Gasteiger partial charge < -0.3 is 4.74 Å². The molecule has 0 N–H and O–H groups in total. The zero-order chi connectivity index (χ0) is 12.0. The van der Waals surface area contributed by atoms with Crippen molar-refractivity contribution in [3.63, 3.8) is 0 Å². The van der Waals surface area contributed by atoms with Crippen molar-refractivity contribution in [1.29, 1.82) is 0 Å². The lowest BCUT2D eigenvalue weighted by Gasteiger charge is -2.22. The largest absolute Gasteiger partial charge is 0.367 e. The minimum atomic E-state index is -0.353. The lowest BCUT2D eigenvalue weighted by molar-refractivity contribution is 0.00912. The molecule has 0 aromatic carbocycles. The number of ether oxygens (including phenoxy) is 1. The van der Waals surface area contributed by atoms with Crippen molar-refractivity contribution in [2.45, 2.75) is 44.1 Å². The normalized spacial score (nSPS) is 28.6. The molecule has 1 saturated carbocycles. The van der Waals surface area contributed by atoms with Gasteiger partial charge in [0.1, 0.15) is 10.8 Å². The van der Waals surface area contributed by atoms with Crippen molar-refractivity contribution in [1.82, 2.24) is 9.97 Å². The molecular weight excluding hydrogens is 304 g/mol. The Morgan fingerprint density at radius 3 is 2.76 bits per heavy atom. The van der Waals surface area contributed by atoms with E-state index >= 15 is 0 Å². The van der Waals surface area contributed by atoms with Crippen molar-refractivity contribution in [2.24, 2.45) is 0 Å². The summed E-state index contributed by atoms with van der Waals surface area (Å²) in [5.74, 6) is 1.29. The number of aromatic nitrogens is 2. The van der Waals surface area contributed by atoms with Gasteiger partial charge in [0.25, 0.3) is 0 Å². The van der Waals surface area contributed by atoms with E-state index in [0.29, 0.717) is 11.1 Å². The predicted octanol–water partition coefficient (Wildman–Crippen LogP) is 3.80. The minimum Gasteiger partial charge on any atom is -0.367 e. The average Bonchev–Trinajstić information content (AvgIpc) is 3.05. The smallest absolute Gasteiger partial charge is 0.162 e. The fourth-order valence-electron chi connectivity index (χ4n) is 2.26. The first kappa shape index (κ1) is 11.9. The van der Waals surface area contributed by atoms with Crippen LogP contribution in [0.4, 0.5) is 0 Å². The van der Waals surface area contributed by atoms with E-state index in [0.717, 1.165) is 35.4 Å². The van der Waals surface area contributed by atoms with Gasteiger partial charge in [-0.25, -0.2) is 9.97 Å². The van der Waals surface area contributed by atoms with E-state index in [1.807, 2.05) is 0 Å². The van der Waals surface area contributed by atoms with Crippen LogP contribution in [0.1, 0.15) is 50.0 Å². The summed E-state index contributed by atoms with van der Waals surface area (Å²) in [5, 5.41) is 0.508. The van der Waals surface area contributed by atoms with Crippen molar-refractivity contribution in [2.75, 3.05) is 6.61 Å². The standard InChI is InChI=1S/C12H14BrClN2O/c1-12(5-2-6-17-12)11-15-9(7-3-4-7)8(13)10(14)16-11/h7H,2-6H2,1H3. The first-order valence-corrected chi connectivity index (χ1v) is 7.14. The molecule has 2 fully saturated rings. The first-order valence-electron chi connectivity index (χ1n) is 5.97. The predicted molar refractivity (Wildman–Crippen MR) is 69.3 cm³/mol. The van der Waals surface area contributed by atoms with Crippen LogP contribution in [0.15, 0.2) is 4.47 Å². The van der Waals surface area contributed by atoms with Gasteiger partial charge >= 0.3 is 0 Å². The van der Waals surface area contributed by atoms with Gasteiger partial charge in [0, 0.05) is 12.5 Å². The highest BCUT2D eigenvalue weighted by Crippen LogP contribution is 2.45. The maximum absolute atomic E-state index is 6.18. The fourth-order valence-corrected chi connectivity index (χ4v) is 2.93. The molecule has 1 aliphatic carbocycles. The summed E-state index contributed by atoms with van der Waals surface area (Å²) in [6, 6.07) is 0. The Morgan fingerprint density at radius 2 is 2.18 bits per heavy atom. The Balaban J connectivity index is 2.05. The van der Waals surface area contributed by atoms with E-state index in [4.69, 9.17) is 16.3 Å². The summed E-state index contributed by atoms with van der Waals surface area (Å²) in [5.41, 5.74) is 0.699. The van der Waals surface area contributed by atoms with Gasteiger partial charge in [0.15, 0.2) is 5.82 Å². The molecule has 3 nitrogen and oxygen atoms in total. The zero-order valence-electron chi connectivity index (χ0n) is 9.67. The first-order chi connectivity index (χ1) is 8.10. The van der Waals surface area contributed by atoms with Crippen LogP contribution in [0.2, 0.25) is 5.15 Å². The summed E-state index contributed by atoms with van der Waals surface area (Å²) in [6.45, 7) is 2.84. The second kappa shape index (κ2) is 4.18. The molecule has 1 unspecified atom stereocenters. The molecule has 3 rings (SSSR count). The van der Waals surface area contributed by atoms with Crippen molar-refractivity contribution < 1.29 is 4.74 Å². The highest BCUT2D eigenvalue weighted by Gasteiger charge is 2.37. The molecule has 1 aromatic heterocycles. The van der Waals surface area contributed by atoms with Gasteiger partial charge in [-0.1, -0.05) is 11.6 Å². The Morgan fingerprint density at radius 1 is 1.41 bits per heavy atom. The Bertz CT molecular complexity index is 456. The van der Waals surface area contributed by atoms with Crippen LogP contribution < -0.4 is 0 Å². The van der Waals surface area contributed by atoms with Gasteiger partial charge in [0.2, 0.25) is 0 Å². The maximum Gasteiger partial charge on any atom is 0.162 e. The van der Waals surface area contributed by atoms with Crippen molar-refractivity contribution in [3.05, 3.63) is 21.1 Å². The maximum atomic E-state index is 6.18. The lowest BCUT2D eigenvalue weighted by atomic mass is 10.0. The topological polar surface area (TPSA) is 35.0 Å². The Labute approximate surface area is 114 Å². The molecule has 1 aliphatic heterocycles. The quantitative estimate of drug-likeness (QED) is 0.778. The minimum absolute atomic E-state index is 0.353. The summed E-state index contributed by atoms with van der Waals surface area (Å²) < 4.78 is 6.63. The molecule has 0 bridgehead atoms. The van der Waals surface area contributed by atoms with E-state index < -0.39 is 0 Å². The van der Waals surface area contributed by atoms with Crippen LogP contribution in [-0.2, 0) is 10.3 Å². The van der Waals surface area contributed by atoms with Crippen LogP contribution in [-0.4, -0.2) is 16.6 Å². The monoisotopic (exact) mass is 316 g/mol. The molecule has 1 atom stereocenters. The zero-order valence-corrected chi connectivity index (χ0v) is 12.0. The number of rotatable bonds is 2. The summed E-state index contributed by atoms with van der Waals surface area (Å²) in [4.78, 5) is 9.06. The summed E-state index contributed by atoms with van der Waals surface area (Å²) >= 11 is 9.66. The van der Waals surface area contributed by atoms with E-state index in [9.17, 15) is 0 Å². The highest BCUT2D eigenvalue weighted by atomic mass is 79.9. The van der Waals surface area contributed by atoms with Gasteiger partial charge in [0.05, 0.1) is 10.2 Å². The fraction of sp³-hybridized carbons (Fsp3) is 0.667. The molecule has 5 heteroatoms. The molecule has 0 spiro atoms. The SMILES string of the molecule is CC1(c2nc(Cl)c(Br)c(C3CC3)n2)CCCO1. The molecule has 17 heavy (non-hydrogen) atoms. The number of nitrogens with zero attached hydrogens (tertiary/aromatic N) is 2. The molecule has 2 heterocycles. The highest BCUT2D eigenvalue weighted by molar-refractivity contribution is 9.10. The van der Waals surface area contributed by atoms with Crippen LogP contribution in [0, 0.1) is 0 Å². The average molecular weight is 318 g/mol. The molecule has 1 aromatic rings. The summed E-state index contributed by atoms with van der Waals surface area (Å²) in [6.07, 6.45) is 4.42. The third-order valence-electron chi connectivity index (χ3n) is 3.49. The second-order valence-corrected chi connectivity index (χ2v) is 6.15. The second-order valence-electron chi connectivity index (χ2n) is 4.99. The molecule has 0 radical (unpaired) electrons. The Kier molecular flexibility index (Phi) is 2.92. The van der Waals surface area contributed by atoms with Crippen LogP contribution >= 0.6 is 27.5 Å². The number of hydrogen-bond donors (Lipinski definition) is 0. The Hall–Kier alpha value is -0.190. The molecule has 0 amide bonds. The van der Waals surface area contributed by atoms with Gasteiger partial charge in [-0.3, -0.25) is 0 Å². The van der Waals surface area contributed by atoms with Crippen LogP contribution in [0.3, 0.4) is 0 Å². The van der Waals surface area contributed by atoms with Gasteiger partial charge in [-0.05, 0) is 48.5 Å². The van der Waals surface area contributed by atoms with Crippen molar-refractivity contribution >= 4 is 27.5 Å². The van der Waals surface area contributed by atoms with E-state index in [2.05, 4.69) is 32.8 Å². The number of hydrogen-bond acceptors (Lipinski definition) is 3. The van der Waals surface area contributed by atoms with Crippen molar-refractivity contribution in [3.8, 4) is 0 Å². The van der Waals surface area contributed by atoms with Crippen LogP contribution in [0.5, 0.6) is 0 Å². The van der Waals surface area contributed by atoms with Gasteiger partial charge in [-0.2, -0.15) is 0 Å². The molecule has 1 saturated heterocycles. The molecule has 92 valence electrons. The summed E-state index contributed by atoms with van der Waals surface area (Å²) in [7, 11) is 0. The number of halogens is 2. The van der Waals surface area contributed by atoms with E-state index in [1.165, 1.54) is 12.8 Å². The molecule has 2 aliphatic rings. The third kappa shape index (κ3) is 2.11. The molecular formula is C12H14BrClN2O. The van der Waals surface area contributed by atoms with E-state index in [-0.39, 0.29) is 5.60 Å². The van der Waals surface area contributed by atoms with E-state index in [1.54, 1.807) is 0 Å². The van der Waals surface area contributed by atoms with Crippen LogP contribution in [0.25, 0.3) is 0 Å². The third-order valence-corrected chi connectivity index (χ3v) is 4.78.